The second-order valence-electron chi connectivity index (χ2n) is 8.82. The molecular weight excluding hydrogens is 439 g/mol. The summed E-state index contributed by atoms with van der Waals surface area (Å²) in [7, 11) is 1.88. The second-order valence-corrected chi connectivity index (χ2v) is 9.82. The number of fused-ring (bicyclic) bond motifs is 2. The largest absolute Gasteiger partial charge is 0.369 e. The number of hydrogen-bond acceptors (Lipinski definition) is 7. The van der Waals surface area contributed by atoms with Crippen molar-refractivity contribution in [2.24, 2.45) is 0 Å². The summed E-state index contributed by atoms with van der Waals surface area (Å²) in [5, 5.41) is 13.7. The van der Waals surface area contributed by atoms with Crippen LogP contribution in [0.4, 0.5) is 10.1 Å². The van der Waals surface area contributed by atoms with Crippen LogP contribution in [0, 0.1) is 23.4 Å². The van der Waals surface area contributed by atoms with Gasteiger partial charge in [-0.05, 0) is 49.9 Å². The maximum absolute atomic E-state index is 13.9. The van der Waals surface area contributed by atoms with Gasteiger partial charge < -0.3 is 9.64 Å². The van der Waals surface area contributed by atoms with E-state index < -0.39 is 0 Å². The van der Waals surface area contributed by atoms with Crippen molar-refractivity contribution in [2.45, 2.75) is 38.3 Å². The second kappa shape index (κ2) is 8.86. The zero-order chi connectivity index (χ0) is 23.0. The molecule has 0 atom stereocenters. The lowest BCUT2D eigenvalue weighted by molar-refractivity contribution is -0.0960. The number of ether oxygens (including phenoxy) is 1. The molecule has 0 bridgehead atoms. The van der Waals surface area contributed by atoms with Gasteiger partial charge in [-0.1, -0.05) is 0 Å². The van der Waals surface area contributed by atoms with E-state index in [1.54, 1.807) is 12.3 Å². The maximum Gasteiger partial charge on any atom is 0.177 e. The minimum absolute atomic E-state index is 0.107. The number of anilines is 1. The number of halogens is 1. The topological polar surface area (TPSA) is 70.2 Å². The van der Waals surface area contributed by atoms with Crippen LogP contribution >= 0.6 is 11.3 Å². The molecule has 0 amide bonds. The molecule has 2 aliphatic heterocycles. The highest BCUT2D eigenvalue weighted by Crippen LogP contribution is 2.45. The lowest BCUT2D eigenvalue weighted by Gasteiger charge is -2.43. The Kier molecular flexibility index (Phi) is 5.91. The van der Waals surface area contributed by atoms with Gasteiger partial charge in [-0.2, -0.15) is 14.8 Å². The quantitative estimate of drug-likeness (QED) is 0.533. The molecule has 0 saturated carbocycles. The smallest absolute Gasteiger partial charge is 0.177 e. The summed E-state index contributed by atoms with van der Waals surface area (Å²) in [6.45, 7) is 5.54. The van der Waals surface area contributed by atoms with Crippen molar-refractivity contribution in [3.63, 3.8) is 0 Å². The molecular formula is C24H27FN6OS. The highest BCUT2D eigenvalue weighted by molar-refractivity contribution is 7.10. The van der Waals surface area contributed by atoms with Crippen LogP contribution in [-0.4, -0.2) is 53.0 Å². The molecule has 0 radical (unpaired) electrons. The number of nitriles is 1. The van der Waals surface area contributed by atoms with Crippen molar-refractivity contribution >= 4 is 17.0 Å². The van der Waals surface area contributed by atoms with Crippen LogP contribution in [0.2, 0.25) is 0 Å². The molecule has 3 aromatic heterocycles. The number of pyridine rings is 1. The van der Waals surface area contributed by atoms with Gasteiger partial charge in [0.25, 0.3) is 0 Å². The number of rotatable bonds is 5. The van der Waals surface area contributed by atoms with Crippen molar-refractivity contribution in [2.75, 3.05) is 38.2 Å². The van der Waals surface area contributed by atoms with Crippen molar-refractivity contribution in [1.82, 2.24) is 19.7 Å². The minimum Gasteiger partial charge on any atom is -0.369 e. The Balaban J connectivity index is 1.31. The van der Waals surface area contributed by atoms with Crippen LogP contribution in [0.25, 0.3) is 5.82 Å². The van der Waals surface area contributed by atoms with E-state index >= 15 is 0 Å². The summed E-state index contributed by atoms with van der Waals surface area (Å²) in [5.74, 6) is 0.713. The van der Waals surface area contributed by atoms with E-state index in [-0.39, 0.29) is 17.3 Å². The third kappa shape index (κ3) is 4.14. The third-order valence-corrected chi connectivity index (χ3v) is 7.85. The summed E-state index contributed by atoms with van der Waals surface area (Å²) < 4.78 is 22.0. The third-order valence-electron chi connectivity index (χ3n) is 6.70. The minimum atomic E-state index is -0.327. The van der Waals surface area contributed by atoms with Gasteiger partial charge in [-0.25, -0.2) is 9.67 Å². The van der Waals surface area contributed by atoms with Crippen molar-refractivity contribution < 1.29 is 9.13 Å². The van der Waals surface area contributed by atoms with E-state index in [1.807, 2.05) is 41.9 Å². The highest BCUT2D eigenvalue weighted by Gasteiger charge is 2.42. The zero-order valence-electron chi connectivity index (χ0n) is 18.9. The molecule has 1 fully saturated rings. The van der Waals surface area contributed by atoms with Crippen LogP contribution in [0.3, 0.4) is 0 Å². The first-order valence-electron chi connectivity index (χ1n) is 11.2. The molecule has 0 unspecified atom stereocenters. The Hall–Kier alpha value is -2.80. The fraction of sp³-hybridized carbons (Fsp3) is 0.458. The molecule has 1 spiro atoms. The Morgan fingerprint density at radius 3 is 2.97 bits per heavy atom. The van der Waals surface area contributed by atoms with E-state index in [0.717, 1.165) is 66.3 Å². The molecule has 5 rings (SSSR count). The van der Waals surface area contributed by atoms with Crippen molar-refractivity contribution in [1.29, 1.82) is 5.26 Å². The Morgan fingerprint density at radius 2 is 2.18 bits per heavy atom. The van der Waals surface area contributed by atoms with E-state index in [9.17, 15) is 4.39 Å². The van der Waals surface area contributed by atoms with Gasteiger partial charge in [-0.3, -0.25) is 4.90 Å². The van der Waals surface area contributed by atoms with Gasteiger partial charge in [0.1, 0.15) is 12.1 Å². The molecule has 9 heteroatoms. The summed E-state index contributed by atoms with van der Waals surface area (Å²) >= 11 is 1.26. The van der Waals surface area contributed by atoms with Crippen molar-refractivity contribution in [3.8, 4) is 11.9 Å². The lowest BCUT2D eigenvalue weighted by Crippen LogP contribution is -2.45. The maximum atomic E-state index is 13.9. The Morgan fingerprint density at radius 1 is 1.36 bits per heavy atom. The zero-order valence-corrected chi connectivity index (χ0v) is 19.7. The Labute approximate surface area is 197 Å². The van der Waals surface area contributed by atoms with Gasteiger partial charge in [-0.15, -0.1) is 11.3 Å². The average Bonchev–Trinajstić information content (AvgIpc) is 3.38. The molecule has 3 aromatic rings. The van der Waals surface area contributed by atoms with E-state index in [0.29, 0.717) is 12.4 Å². The first-order chi connectivity index (χ1) is 16.0. The number of hydrogen-bond donors (Lipinski definition) is 0. The molecule has 1 saturated heterocycles. The molecule has 0 aromatic carbocycles. The van der Waals surface area contributed by atoms with Gasteiger partial charge >= 0.3 is 0 Å². The predicted octanol–water partition coefficient (Wildman–Crippen LogP) is 3.80. The normalized spacial score (nSPS) is 17.6. The van der Waals surface area contributed by atoms with Crippen molar-refractivity contribution in [3.05, 3.63) is 57.4 Å². The van der Waals surface area contributed by atoms with Gasteiger partial charge in [0.15, 0.2) is 10.9 Å². The predicted molar refractivity (Wildman–Crippen MR) is 125 cm³/mol. The number of aryl methyl sites for hydroxylation is 1. The average molecular weight is 467 g/mol. The van der Waals surface area contributed by atoms with Crippen LogP contribution in [0.5, 0.6) is 0 Å². The van der Waals surface area contributed by atoms with E-state index in [1.165, 1.54) is 11.3 Å². The van der Waals surface area contributed by atoms with Crippen LogP contribution in [0.15, 0.2) is 30.6 Å². The highest BCUT2D eigenvalue weighted by atomic mass is 32.1. The molecule has 0 aliphatic carbocycles. The molecule has 5 heterocycles. The first-order valence-corrected chi connectivity index (χ1v) is 12.0. The fourth-order valence-corrected chi connectivity index (χ4v) is 6.02. The number of likely N-dealkylation sites (tertiary alicyclic amines) is 1. The molecule has 33 heavy (non-hydrogen) atoms. The summed E-state index contributed by atoms with van der Waals surface area (Å²) in [4.78, 5) is 9.91. The summed E-state index contributed by atoms with van der Waals surface area (Å²) in [6.07, 6.45) is 6.33. The number of piperidine rings is 1. The molecule has 0 N–H and O–H groups in total. The monoisotopic (exact) mass is 466 g/mol. The first kappa shape index (κ1) is 22.0. The molecule has 172 valence electrons. The standard InChI is InChI=1S/C24H27FN6OS/c1-17-19(16-31(28-17)23-20(4-3-9-27-23)29(2)12-8-26)15-30-10-6-24(7-11-30)22-18(5-13-32-24)14-21(25)33-22/h3-4,9,14,16H,5-7,10-13,15H2,1-2H3. The summed E-state index contributed by atoms with van der Waals surface area (Å²) in [6, 6.07) is 7.69. The summed E-state index contributed by atoms with van der Waals surface area (Å²) in [5.41, 5.74) is 3.78. The van der Waals surface area contributed by atoms with Gasteiger partial charge in [0.2, 0.25) is 0 Å². The Bertz CT molecular complexity index is 1190. The van der Waals surface area contributed by atoms with Crippen LogP contribution in [0.1, 0.15) is 34.5 Å². The molecule has 7 nitrogen and oxygen atoms in total. The van der Waals surface area contributed by atoms with Crippen LogP contribution < -0.4 is 4.90 Å². The van der Waals surface area contributed by atoms with Crippen LogP contribution in [-0.2, 0) is 23.3 Å². The number of nitrogens with zero attached hydrogens (tertiary/aromatic N) is 6. The number of aromatic nitrogens is 3. The van der Waals surface area contributed by atoms with Gasteiger partial charge in [0.05, 0.1) is 24.1 Å². The lowest BCUT2D eigenvalue weighted by atomic mass is 9.85. The number of thiophene rings is 1. The molecule has 2 aliphatic rings. The van der Waals surface area contributed by atoms with Gasteiger partial charge in [0, 0.05) is 49.5 Å². The fourth-order valence-electron chi connectivity index (χ4n) is 4.89. The van der Waals surface area contributed by atoms with E-state index in [2.05, 4.69) is 16.0 Å². The van der Waals surface area contributed by atoms with E-state index in [4.69, 9.17) is 15.1 Å². The SMILES string of the molecule is Cc1nn(-c2ncccc2N(C)CC#N)cc1CN1CCC2(CC1)OCCc1cc(F)sc12.